The number of ether oxygens (including phenoxy) is 1. The summed E-state index contributed by atoms with van der Waals surface area (Å²) in [6, 6.07) is 28.8. The third-order valence-electron chi connectivity index (χ3n) is 5.82. The zero-order valence-electron chi connectivity index (χ0n) is 20.4. The van der Waals surface area contributed by atoms with Gasteiger partial charge in [0.05, 0.1) is 25.0 Å². The highest BCUT2D eigenvalue weighted by Crippen LogP contribution is 2.28. The molecule has 0 aliphatic carbocycles. The molecule has 0 bridgehead atoms. The largest absolute Gasteiger partial charge is 0.486 e. The Bertz CT molecular complexity index is 1820. The summed E-state index contributed by atoms with van der Waals surface area (Å²) in [4.78, 5) is 25.9. The van der Waals surface area contributed by atoms with E-state index in [1.165, 1.54) is 17.9 Å². The Morgan fingerprint density at radius 2 is 1.62 bits per heavy atom. The van der Waals surface area contributed by atoms with E-state index in [1.54, 1.807) is 10.2 Å². The highest BCUT2D eigenvalue weighted by Gasteiger charge is 2.10. The first-order chi connectivity index (χ1) is 19.1. The van der Waals surface area contributed by atoms with Crippen molar-refractivity contribution in [2.45, 2.75) is 6.61 Å². The number of pyridine rings is 1. The van der Waals surface area contributed by atoms with Gasteiger partial charge in [0.1, 0.15) is 30.3 Å². The summed E-state index contributed by atoms with van der Waals surface area (Å²) in [6.07, 6.45) is 3.26. The Morgan fingerprint density at radius 3 is 2.38 bits per heavy atom. The second-order valence-electron chi connectivity index (χ2n) is 8.53. The first-order valence-electron chi connectivity index (χ1n) is 12.0. The molecule has 39 heavy (non-hydrogen) atoms. The van der Waals surface area contributed by atoms with E-state index in [0.29, 0.717) is 18.2 Å². The van der Waals surface area contributed by atoms with Gasteiger partial charge in [-0.15, -0.1) is 0 Å². The maximum Gasteiger partial charge on any atom is 0.273 e. The minimum absolute atomic E-state index is 0.0240. The number of aromatic nitrogens is 4. The second-order valence-corrected chi connectivity index (χ2v) is 10.7. The molecule has 6 aromatic rings. The molecule has 0 radical (unpaired) electrons. The van der Waals surface area contributed by atoms with Gasteiger partial charge >= 0.3 is 0 Å². The first kappa shape index (κ1) is 25.0. The summed E-state index contributed by atoms with van der Waals surface area (Å²) in [5.41, 5.74) is 3.33. The fourth-order valence-corrected chi connectivity index (χ4v) is 5.63. The van der Waals surface area contributed by atoms with Crippen molar-refractivity contribution < 1.29 is 4.74 Å². The van der Waals surface area contributed by atoms with E-state index in [4.69, 9.17) is 4.74 Å². The van der Waals surface area contributed by atoms with Gasteiger partial charge in [-0.25, -0.2) is 13.9 Å². The predicted octanol–water partition coefficient (Wildman–Crippen LogP) is 6.91. The molecule has 2 N–H and O–H groups in total. The fourth-order valence-electron chi connectivity index (χ4n) is 3.97. The minimum atomic E-state index is -0.0240. The fraction of sp³-hybridized carbons (Fsp3) is 0.0345. The first-order valence-corrected chi connectivity index (χ1v) is 13.9. The zero-order valence-corrected chi connectivity index (χ0v) is 23.4. The molecule has 0 unspecified atom stereocenters. The van der Waals surface area contributed by atoms with Crippen molar-refractivity contribution in [3.05, 3.63) is 123 Å². The Morgan fingerprint density at radius 1 is 0.821 bits per heavy atom. The van der Waals surface area contributed by atoms with Crippen LogP contribution in [0.2, 0.25) is 0 Å². The molecule has 192 valence electrons. The van der Waals surface area contributed by atoms with Crippen LogP contribution >= 0.6 is 34.1 Å². The van der Waals surface area contributed by atoms with Crippen LogP contribution in [-0.2, 0) is 6.61 Å². The molecule has 3 aromatic heterocycles. The van der Waals surface area contributed by atoms with E-state index < -0.39 is 0 Å². The highest BCUT2D eigenvalue weighted by molar-refractivity contribution is 14.1. The van der Waals surface area contributed by atoms with Crippen molar-refractivity contribution in [1.29, 1.82) is 0 Å². The van der Waals surface area contributed by atoms with Crippen molar-refractivity contribution in [2.75, 3.05) is 10.6 Å². The van der Waals surface area contributed by atoms with Crippen molar-refractivity contribution in [3.63, 3.8) is 0 Å². The van der Waals surface area contributed by atoms with Crippen molar-refractivity contribution in [2.24, 2.45) is 0 Å². The molecule has 0 saturated carbocycles. The molecule has 3 heterocycles. The Labute approximate surface area is 241 Å². The van der Waals surface area contributed by atoms with Crippen LogP contribution in [0.1, 0.15) is 5.69 Å². The molecular weight excluding hydrogens is 623 g/mol. The summed E-state index contributed by atoms with van der Waals surface area (Å²) in [7, 11) is 0. The number of nitrogens with one attached hydrogen (secondary N) is 2. The van der Waals surface area contributed by atoms with Crippen LogP contribution in [0.5, 0.6) is 5.75 Å². The minimum Gasteiger partial charge on any atom is -0.486 e. The predicted molar refractivity (Wildman–Crippen MR) is 164 cm³/mol. The third kappa shape index (κ3) is 5.76. The van der Waals surface area contributed by atoms with Gasteiger partial charge in [0.15, 0.2) is 0 Å². The van der Waals surface area contributed by atoms with Gasteiger partial charge in [-0.2, -0.15) is 0 Å². The van der Waals surface area contributed by atoms with E-state index in [-0.39, 0.29) is 5.56 Å². The van der Waals surface area contributed by atoms with Crippen LogP contribution in [0.15, 0.2) is 108 Å². The molecule has 0 aliphatic heterocycles. The van der Waals surface area contributed by atoms with E-state index in [0.717, 1.165) is 42.2 Å². The monoisotopic (exact) mass is 644 g/mol. The highest BCUT2D eigenvalue weighted by atomic mass is 127. The average Bonchev–Trinajstić information content (AvgIpc) is 3.30. The molecule has 0 spiro atoms. The van der Waals surface area contributed by atoms with E-state index in [9.17, 15) is 4.79 Å². The topological polar surface area (TPSA) is 94.0 Å². The van der Waals surface area contributed by atoms with Gasteiger partial charge in [0.25, 0.3) is 5.56 Å². The molecule has 8 nitrogen and oxygen atoms in total. The molecule has 0 aliphatic rings. The molecule has 10 heteroatoms. The summed E-state index contributed by atoms with van der Waals surface area (Å²) in [5, 5.41) is 7.36. The Balaban J connectivity index is 1.15. The summed E-state index contributed by atoms with van der Waals surface area (Å²) < 4.78 is 9.55. The standard InChI is InChI=1S/C29H21IN6O2S/c30-24-15-20(11-12-25(24)38-17-21-6-3-4-13-31-21)35-28-16-27(32-18-33-28)34-19-7-5-8-22(14-19)36-29(37)23-9-1-2-10-26(23)39-36/h1-16,18H,17H2,(H2,32,33,34,35). The number of hydrogen-bond acceptors (Lipinski definition) is 8. The SMILES string of the molecule is O=c1c2ccccc2sn1-c1cccc(Nc2cc(Nc3ccc(OCc4ccccn4)c(I)c3)ncn2)c1. The smallest absolute Gasteiger partial charge is 0.273 e. The lowest BCUT2D eigenvalue weighted by atomic mass is 10.2. The second kappa shape index (κ2) is 11.2. The lowest BCUT2D eigenvalue weighted by Crippen LogP contribution is -2.10. The van der Waals surface area contributed by atoms with Crippen molar-refractivity contribution in [3.8, 4) is 11.4 Å². The number of fused-ring (bicyclic) bond motifs is 1. The Hall–Kier alpha value is -4.29. The molecule has 0 amide bonds. The number of halogens is 1. The number of hydrogen-bond donors (Lipinski definition) is 2. The van der Waals surface area contributed by atoms with Gasteiger partial charge in [-0.3, -0.25) is 9.78 Å². The van der Waals surface area contributed by atoms with E-state index in [2.05, 4.69) is 48.2 Å². The maximum atomic E-state index is 12.9. The molecular formula is C29H21IN6O2S. The molecule has 0 fully saturated rings. The van der Waals surface area contributed by atoms with E-state index in [1.807, 2.05) is 91.0 Å². The lowest BCUT2D eigenvalue weighted by Gasteiger charge is -2.12. The van der Waals surface area contributed by atoms with Crippen LogP contribution in [-0.4, -0.2) is 18.9 Å². The van der Waals surface area contributed by atoms with Crippen molar-refractivity contribution >= 4 is 67.2 Å². The van der Waals surface area contributed by atoms with E-state index >= 15 is 0 Å². The van der Waals surface area contributed by atoms with Crippen molar-refractivity contribution in [1.82, 2.24) is 18.9 Å². The Kier molecular flexibility index (Phi) is 7.19. The number of nitrogens with zero attached hydrogens (tertiary/aromatic N) is 4. The normalized spacial score (nSPS) is 10.9. The van der Waals surface area contributed by atoms with Crippen LogP contribution in [0.25, 0.3) is 15.8 Å². The summed E-state index contributed by atoms with van der Waals surface area (Å²) in [6.45, 7) is 0.406. The van der Waals surface area contributed by atoms with Gasteiger partial charge in [-0.1, -0.05) is 35.8 Å². The lowest BCUT2D eigenvalue weighted by molar-refractivity contribution is 0.299. The average molecular weight is 644 g/mol. The van der Waals surface area contributed by atoms with Gasteiger partial charge < -0.3 is 15.4 Å². The van der Waals surface area contributed by atoms with Crippen LogP contribution < -0.4 is 20.9 Å². The van der Waals surface area contributed by atoms with Crippen LogP contribution in [0.3, 0.4) is 0 Å². The number of benzene rings is 3. The maximum absolute atomic E-state index is 12.9. The summed E-state index contributed by atoms with van der Waals surface area (Å²) in [5.74, 6) is 2.05. The molecule has 0 atom stereocenters. The van der Waals surface area contributed by atoms with Gasteiger partial charge in [0, 0.05) is 23.6 Å². The van der Waals surface area contributed by atoms with Crippen LogP contribution in [0.4, 0.5) is 23.0 Å². The number of rotatable bonds is 8. The third-order valence-corrected chi connectivity index (χ3v) is 7.77. The van der Waals surface area contributed by atoms with Gasteiger partial charge in [0.2, 0.25) is 0 Å². The summed E-state index contributed by atoms with van der Waals surface area (Å²) >= 11 is 3.68. The number of anilines is 4. The molecule has 3 aromatic carbocycles. The zero-order chi connectivity index (χ0) is 26.6. The molecule has 0 saturated heterocycles. The molecule has 6 rings (SSSR count). The van der Waals surface area contributed by atoms with Crippen LogP contribution in [0, 0.1) is 3.57 Å². The quantitative estimate of drug-likeness (QED) is 0.174. The van der Waals surface area contributed by atoms with Gasteiger partial charge in [-0.05, 0) is 83.3 Å².